The van der Waals surface area contributed by atoms with E-state index in [1.807, 2.05) is 18.3 Å². The third-order valence-corrected chi connectivity index (χ3v) is 2.80. The standard InChI is InChI=1S/C11H16N3/c1-11(12)5-8-14(9-6-11)10-4-2-3-7-13-10/h2-3,7H,5-6,8-9,12H2,1H3. The van der Waals surface area contributed by atoms with Gasteiger partial charge in [-0.1, -0.05) is 0 Å². The second kappa shape index (κ2) is 3.58. The number of hydrogen-bond acceptors (Lipinski definition) is 3. The lowest BCUT2D eigenvalue weighted by Gasteiger charge is -2.37. The Kier molecular flexibility index (Phi) is 2.42. The number of piperidine rings is 1. The Morgan fingerprint density at radius 2 is 2.21 bits per heavy atom. The van der Waals surface area contributed by atoms with Crippen molar-refractivity contribution in [1.29, 1.82) is 0 Å². The topological polar surface area (TPSA) is 42.1 Å². The molecule has 75 valence electrons. The Labute approximate surface area is 84.9 Å². The van der Waals surface area contributed by atoms with Crippen molar-refractivity contribution in [2.45, 2.75) is 25.3 Å². The van der Waals surface area contributed by atoms with Crippen molar-refractivity contribution in [2.24, 2.45) is 5.73 Å². The number of anilines is 1. The van der Waals surface area contributed by atoms with E-state index in [1.54, 1.807) is 0 Å². The Hall–Kier alpha value is -1.09. The molecule has 3 nitrogen and oxygen atoms in total. The second-order valence-corrected chi connectivity index (χ2v) is 4.25. The summed E-state index contributed by atoms with van der Waals surface area (Å²) in [5.41, 5.74) is 6.07. The van der Waals surface area contributed by atoms with Crippen LogP contribution >= 0.6 is 0 Å². The molecule has 2 rings (SSSR count). The predicted octanol–water partition coefficient (Wildman–Crippen LogP) is 1.20. The monoisotopic (exact) mass is 190 g/mol. The molecule has 1 saturated heterocycles. The first-order valence-electron chi connectivity index (χ1n) is 5.04. The molecular weight excluding hydrogens is 174 g/mol. The van der Waals surface area contributed by atoms with Gasteiger partial charge in [-0.2, -0.15) is 0 Å². The summed E-state index contributed by atoms with van der Waals surface area (Å²) in [7, 11) is 0. The molecule has 1 aliphatic rings. The first kappa shape index (κ1) is 9.46. The third-order valence-electron chi connectivity index (χ3n) is 2.80. The van der Waals surface area contributed by atoms with Crippen molar-refractivity contribution >= 4 is 5.82 Å². The van der Waals surface area contributed by atoms with E-state index in [2.05, 4.69) is 22.9 Å². The fourth-order valence-corrected chi connectivity index (χ4v) is 1.72. The number of aromatic nitrogens is 1. The predicted molar refractivity (Wildman–Crippen MR) is 57.1 cm³/mol. The largest absolute Gasteiger partial charge is 0.356 e. The fraction of sp³-hybridized carbons (Fsp3) is 0.545. The highest BCUT2D eigenvalue weighted by molar-refractivity contribution is 5.37. The highest BCUT2D eigenvalue weighted by Gasteiger charge is 2.26. The van der Waals surface area contributed by atoms with Crippen molar-refractivity contribution in [3.63, 3.8) is 0 Å². The number of pyridine rings is 1. The van der Waals surface area contributed by atoms with Crippen molar-refractivity contribution in [3.05, 3.63) is 24.4 Å². The lowest BCUT2D eigenvalue weighted by Crippen LogP contribution is -2.48. The fourth-order valence-electron chi connectivity index (χ4n) is 1.72. The van der Waals surface area contributed by atoms with Crippen molar-refractivity contribution in [3.8, 4) is 0 Å². The summed E-state index contributed by atoms with van der Waals surface area (Å²) in [6.07, 6.45) is 3.86. The zero-order valence-electron chi connectivity index (χ0n) is 8.53. The van der Waals surface area contributed by atoms with E-state index < -0.39 is 0 Å². The molecule has 2 N–H and O–H groups in total. The third kappa shape index (κ3) is 2.04. The van der Waals surface area contributed by atoms with Gasteiger partial charge >= 0.3 is 0 Å². The van der Waals surface area contributed by atoms with Gasteiger partial charge in [0.2, 0.25) is 0 Å². The van der Waals surface area contributed by atoms with Crippen LogP contribution in [0.4, 0.5) is 5.82 Å². The van der Waals surface area contributed by atoms with Crippen molar-refractivity contribution in [1.82, 2.24) is 4.98 Å². The zero-order valence-corrected chi connectivity index (χ0v) is 8.53. The highest BCUT2D eigenvalue weighted by Crippen LogP contribution is 2.21. The van der Waals surface area contributed by atoms with Crippen LogP contribution in [0, 0.1) is 6.07 Å². The number of rotatable bonds is 1. The van der Waals surface area contributed by atoms with Crippen molar-refractivity contribution < 1.29 is 0 Å². The van der Waals surface area contributed by atoms with E-state index in [0.29, 0.717) is 0 Å². The first-order chi connectivity index (χ1) is 6.67. The van der Waals surface area contributed by atoms with Gasteiger partial charge in [0.05, 0.1) is 0 Å². The van der Waals surface area contributed by atoms with Gasteiger partial charge in [-0.15, -0.1) is 0 Å². The molecule has 0 bridgehead atoms. The first-order valence-corrected chi connectivity index (χ1v) is 5.04. The summed E-state index contributed by atoms with van der Waals surface area (Å²) < 4.78 is 0. The Balaban J connectivity index is 2.03. The minimum absolute atomic E-state index is 0.00524. The molecule has 0 unspecified atom stereocenters. The molecule has 1 radical (unpaired) electrons. The van der Waals surface area contributed by atoms with Crippen LogP contribution in [0.25, 0.3) is 0 Å². The van der Waals surface area contributed by atoms with Crippen LogP contribution in [0.15, 0.2) is 18.3 Å². The minimum atomic E-state index is 0.00524. The van der Waals surface area contributed by atoms with Crippen LogP contribution in [0.2, 0.25) is 0 Å². The van der Waals surface area contributed by atoms with E-state index >= 15 is 0 Å². The van der Waals surface area contributed by atoms with Crippen LogP contribution in [0.3, 0.4) is 0 Å². The lowest BCUT2D eigenvalue weighted by molar-refractivity contribution is 0.363. The van der Waals surface area contributed by atoms with Gasteiger partial charge in [-0.05, 0) is 31.9 Å². The molecular formula is C11H16N3. The lowest BCUT2D eigenvalue weighted by atomic mass is 9.91. The summed E-state index contributed by atoms with van der Waals surface area (Å²) in [6.45, 7) is 4.09. The molecule has 0 atom stereocenters. The van der Waals surface area contributed by atoms with Gasteiger partial charge in [-0.25, -0.2) is 4.98 Å². The SMILES string of the molecule is CC1(N)CCN(c2[c]cccn2)CC1. The van der Waals surface area contributed by atoms with Gasteiger partial charge in [-0.3, -0.25) is 0 Å². The maximum Gasteiger partial charge on any atom is 0.136 e. The molecule has 2 heterocycles. The molecule has 0 saturated carbocycles. The van der Waals surface area contributed by atoms with Crippen LogP contribution in [-0.4, -0.2) is 23.6 Å². The highest BCUT2D eigenvalue weighted by atomic mass is 15.2. The molecule has 1 aromatic rings. The molecule has 0 spiro atoms. The maximum atomic E-state index is 6.06. The average Bonchev–Trinajstić information content (AvgIpc) is 2.19. The van der Waals surface area contributed by atoms with Gasteiger partial charge in [0, 0.05) is 30.9 Å². The summed E-state index contributed by atoms with van der Waals surface area (Å²) in [5, 5.41) is 0. The molecule has 14 heavy (non-hydrogen) atoms. The van der Waals surface area contributed by atoms with E-state index in [4.69, 9.17) is 5.73 Å². The Morgan fingerprint density at radius 1 is 1.50 bits per heavy atom. The van der Waals surface area contributed by atoms with E-state index in [-0.39, 0.29) is 5.54 Å². The molecule has 1 aromatic heterocycles. The summed E-state index contributed by atoms with van der Waals surface area (Å²) in [5.74, 6) is 0.947. The molecule has 0 aliphatic carbocycles. The van der Waals surface area contributed by atoms with Gasteiger partial charge in [0.15, 0.2) is 0 Å². The molecule has 0 amide bonds. The Bertz CT molecular complexity index is 285. The summed E-state index contributed by atoms with van der Waals surface area (Å²) in [6, 6.07) is 6.93. The average molecular weight is 190 g/mol. The molecule has 1 fully saturated rings. The maximum absolute atomic E-state index is 6.06. The van der Waals surface area contributed by atoms with Gasteiger partial charge in [0.25, 0.3) is 0 Å². The number of nitrogens with two attached hydrogens (primary N) is 1. The normalized spacial score (nSPS) is 20.9. The van der Waals surface area contributed by atoms with Gasteiger partial charge in [0.1, 0.15) is 5.82 Å². The van der Waals surface area contributed by atoms with Crippen LogP contribution in [0.1, 0.15) is 19.8 Å². The van der Waals surface area contributed by atoms with E-state index in [1.165, 1.54) is 0 Å². The van der Waals surface area contributed by atoms with Crippen LogP contribution in [-0.2, 0) is 0 Å². The molecule has 1 aliphatic heterocycles. The van der Waals surface area contributed by atoms with Crippen LogP contribution in [0.5, 0.6) is 0 Å². The summed E-state index contributed by atoms with van der Waals surface area (Å²) >= 11 is 0. The van der Waals surface area contributed by atoms with Crippen LogP contribution < -0.4 is 10.6 Å². The number of nitrogens with zero attached hydrogens (tertiary/aromatic N) is 2. The summed E-state index contributed by atoms with van der Waals surface area (Å²) in [4.78, 5) is 6.52. The minimum Gasteiger partial charge on any atom is -0.356 e. The second-order valence-electron chi connectivity index (χ2n) is 4.25. The number of hydrogen-bond donors (Lipinski definition) is 1. The molecule has 0 aromatic carbocycles. The van der Waals surface area contributed by atoms with E-state index in [0.717, 1.165) is 31.7 Å². The Morgan fingerprint density at radius 3 is 2.79 bits per heavy atom. The quantitative estimate of drug-likeness (QED) is 0.723. The smallest absolute Gasteiger partial charge is 0.136 e. The van der Waals surface area contributed by atoms with Gasteiger partial charge < -0.3 is 10.6 Å². The van der Waals surface area contributed by atoms with Crippen molar-refractivity contribution in [2.75, 3.05) is 18.0 Å². The zero-order chi connectivity index (χ0) is 10.0. The molecule has 3 heteroatoms. The van der Waals surface area contributed by atoms with E-state index in [9.17, 15) is 0 Å².